The van der Waals surface area contributed by atoms with Gasteiger partial charge in [-0.25, -0.2) is 4.79 Å². The Hall–Kier alpha value is -1.40. The van der Waals surface area contributed by atoms with E-state index < -0.39 is 17.9 Å². The van der Waals surface area contributed by atoms with Crippen molar-refractivity contribution in [2.75, 3.05) is 0 Å². The number of hydrogen-bond acceptors (Lipinski definition) is 3. The number of hydrogen-bond donors (Lipinski definition) is 3. The number of aliphatic carboxylic acids is 1. The van der Waals surface area contributed by atoms with Crippen LogP contribution in [0.2, 0.25) is 0 Å². The molecule has 1 aromatic carbocycles. The van der Waals surface area contributed by atoms with E-state index in [1.165, 1.54) is 0 Å². The van der Waals surface area contributed by atoms with E-state index in [4.69, 9.17) is 10.8 Å². The van der Waals surface area contributed by atoms with Crippen molar-refractivity contribution < 1.29 is 14.7 Å². The fourth-order valence-electron chi connectivity index (χ4n) is 1.05. The molecule has 0 aromatic heterocycles. The van der Waals surface area contributed by atoms with Crippen molar-refractivity contribution in [1.82, 2.24) is 5.32 Å². The molecule has 0 fully saturated rings. The van der Waals surface area contributed by atoms with E-state index in [1.807, 2.05) is 24.3 Å². The molecule has 0 saturated carbocycles. The zero-order valence-corrected chi connectivity index (χ0v) is 9.90. The third-order valence-electron chi connectivity index (χ3n) is 1.96. The van der Waals surface area contributed by atoms with Gasteiger partial charge in [-0.2, -0.15) is 0 Å². The first-order chi connectivity index (χ1) is 7.52. The third-order valence-corrected chi connectivity index (χ3v) is 2.73. The molecule has 1 unspecified atom stereocenters. The van der Waals surface area contributed by atoms with Crippen LogP contribution in [0.5, 0.6) is 0 Å². The Morgan fingerprint density at radius 3 is 2.62 bits per heavy atom. The van der Waals surface area contributed by atoms with Gasteiger partial charge in [-0.1, -0.05) is 34.1 Å². The summed E-state index contributed by atoms with van der Waals surface area (Å²) in [5.41, 5.74) is 5.99. The molecule has 16 heavy (non-hydrogen) atoms. The topological polar surface area (TPSA) is 92.4 Å². The number of amides is 1. The van der Waals surface area contributed by atoms with E-state index in [-0.39, 0.29) is 6.54 Å². The molecule has 0 aliphatic carbocycles. The fraction of sp³-hybridized carbons (Fsp3) is 0.200. The fourth-order valence-corrected chi connectivity index (χ4v) is 1.47. The van der Waals surface area contributed by atoms with Gasteiger partial charge in [0, 0.05) is 11.0 Å². The quantitative estimate of drug-likeness (QED) is 0.702. The second-order valence-corrected chi connectivity index (χ2v) is 3.98. The Labute approximate surface area is 101 Å². The minimum atomic E-state index is -1.53. The van der Waals surface area contributed by atoms with E-state index in [0.29, 0.717) is 0 Å². The van der Waals surface area contributed by atoms with Gasteiger partial charge in [-0.15, -0.1) is 0 Å². The van der Waals surface area contributed by atoms with Crippen LogP contribution in [0.3, 0.4) is 0 Å². The largest absolute Gasteiger partial charge is 0.480 e. The first-order valence-electron chi connectivity index (χ1n) is 4.52. The van der Waals surface area contributed by atoms with Gasteiger partial charge >= 0.3 is 5.97 Å². The second-order valence-electron chi connectivity index (χ2n) is 3.13. The third kappa shape index (κ3) is 3.32. The highest BCUT2D eigenvalue weighted by atomic mass is 79.9. The SMILES string of the molecule is NC(C(=O)O)C(=O)NCc1ccccc1Br. The van der Waals surface area contributed by atoms with Crippen LogP contribution in [0.1, 0.15) is 5.56 Å². The normalized spacial score (nSPS) is 11.9. The Morgan fingerprint density at radius 1 is 1.44 bits per heavy atom. The molecule has 1 aromatic rings. The summed E-state index contributed by atoms with van der Waals surface area (Å²) in [6.07, 6.45) is 0. The van der Waals surface area contributed by atoms with Crippen molar-refractivity contribution in [2.45, 2.75) is 12.6 Å². The summed E-state index contributed by atoms with van der Waals surface area (Å²) < 4.78 is 0.846. The first kappa shape index (κ1) is 12.7. The monoisotopic (exact) mass is 286 g/mol. The van der Waals surface area contributed by atoms with Gasteiger partial charge in [0.25, 0.3) is 0 Å². The van der Waals surface area contributed by atoms with Crippen LogP contribution < -0.4 is 11.1 Å². The number of nitrogens with one attached hydrogen (secondary N) is 1. The lowest BCUT2D eigenvalue weighted by molar-refractivity contribution is -0.142. The lowest BCUT2D eigenvalue weighted by atomic mass is 10.2. The molecule has 0 spiro atoms. The highest BCUT2D eigenvalue weighted by Crippen LogP contribution is 2.15. The van der Waals surface area contributed by atoms with Gasteiger partial charge in [0.15, 0.2) is 6.04 Å². The molecule has 0 bridgehead atoms. The lowest BCUT2D eigenvalue weighted by Gasteiger charge is -2.09. The van der Waals surface area contributed by atoms with Crippen molar-refractivity contribution in [3.8, 4) is 0 Å². The van der Waals surface area contributed by atoms with E-state index in [1.54, 1.807) is 0 Å². The highest BCUT2D eigenvalue weighted by molar-refractivity contribution is 9.10. The molecular weight excluding hydrogens is 276 g/mol. The van der Waals surface area contributed by atoms with Crippen LogP contribution in [0.25, 0.3) is 0 Å². The van der Waals surface area contributed by atoms with Crippen LogP contribution in [0.15, 0.2) is 28.7 Å². The molecule has 1 rings (SSSR count). The number of carbonyl (C=O) groups is 2. The average Bonchev–Trinajstić information content (AvgIpc) is 2.26. The molecule has 0 radical (unpaired) electrons. The highest BCUT2D eigenvalue weighted by Gasteiger charge is 2.20. The number of carboxylic acid groups (broad SMARTS) is 1. The lowest BCUT2D eigenvalue weighted by Crippen LogP contribution is -2.45. The molecule has 5 nitrogen and oxygen atoms in total. The summed E-state index contributed by atoms with van der Waals surface area (Å²) >= 11 is 3.31. The van der Waals surface area contributed by atoms with E-state index in [0.717, 1.165) is 10.0 Å². The van der Waals surface area contributed by atoms with Gasteiger partial charge in [-0.3, -0.25) is 4.79 Å². The average molecular weight is 287 g/mol. The molecular formula is C10H11BrN2O3. The summed E-state index contributed by atoms with van der Waals surface area (Å²) in [6.45, 7) is 0.237. The van der Waals surface area contributed by atoms with Crippen molar-refractivity contribution in [3.63, 3.8) is 0 Å². The van der Waals surface area contributed by atoms with E-state index in [9.17, 15) is 9.59 Å². The molecule has 0 aliphatic rings. The molecule has 0 aliphatic heterocycles. The predicted octanol–water partition coefficient (Wildman–Crippen LogP) is 0.477. The summed E-state index contributed by atoms with van der Waals surface area (Å²) in [5.74, 6) is -2.05. The minimum absolute atomic E-state index is 0.237. The molecule has 0 heterocycles. The molecule has 0 saturated heterocycles. The van der Waals surface area contributed by atoms with E-state index >= 15 is 0 Å². The van der Waals surface area contributed by atoms with Gasteiger partial charge in [0.1, 0.15) is 0 Å². The van der Waals surface area contributed by atoms with Crippen LogP contribution in [-0.2, 0) is 16.1 Å². The molecule has 1 amide bonds. The molecule has 6 heteroatoms. The minimum Gasteiger partial charge on any atom is -0.480 e. The standard InChI is InChI=1S/C10H11BrN2O3/c11-7-4-2-1-3-6(7)5-13-9(14)8(12)10(15)16/h1-4,8H,5,12H2,(H,13,14)(H,15,16). The van der Waals surface area contributed by atoms with Gasteiger partial charge in [-0.05, 0) is 11.6 Å². The smallest absolute Gasteiger partial charge is 0.330 e. The van der Waals surface area contributed by atoms with Crippen molar-refractivity contribution in [2.24, 2.45) is 5.73 Å². The summed E-state index contributed by atoms with van der Waals surface area (Å²) in [5, 5.41) is 11.0. The number of rotatable bonds is 4. The second kappa shape index (κ2) is 5.62. The van der Waals surface area contributed by atoms with Crippen LogP contribution >= 0.6 is 15.9 Å². The zero-order valence-electron chi connectivity index (χ0n) is 8.31. The Balaban J connectivity index is 2.56. The number of nitrogens with two attached hydrogens (primary N) is 1. The number of carboxylic acids is 1. The van der Waals surface area contributed by atoms with Crippen molar-refractivity contribution in [3.05, 3.63) is 34.3 Å². The molecule has 4 N–H and O–H groups in total. The van der Waals surface area contributed by atoms with Crippen molar-refractivity contribution in [1.29, 1.82) is 0 Å². The molecule has 1 atom stereocenters. The van der Waals surface area contributed by atoms with Gasteiger partial charge < -0.3 is 16.2 Å². The molecule has 86 valence electrons. The summed E-state index contributed by atoms with van der Waals surface area (Å²) in [7, 11) is 0. The van der Waals surface area contributed by atoms with E-state index in [2.05, 4.69) is 21.2 Å². The number of benzene rings is 1. The summed E-state index contributed by atoms with van der Waals surface area (Å²) in [4.78, 5) is 21.7. The number of carbonyl (C=O) groups excluding carboxylic acids is 1. The maximum atomic E-state index is 11.2. The van der Waals surface area contributed by atoms with Crippen LogP contribution in [0, 0.1) is 0 Å². The van der Waals surface area contributed by atoms with Crippen LogP contribution in [-0.4, -0.2) is 23.0 Å². The Kier molecular flexibility index (Phi) is 4.45. The maximum Gasteiger partial charge on any atom is 0.330 e. The predicted molar refractivity (Wildman–Crippen MR) is 61.6 cm³/mol. The Morgan fingerprint density at radius 2 is 2.06 bits per heavy atom. The van der Waals surface area contributed by atoms with Crippen molar-refractivity contribution >= 4 is 27.8 Å². The van der Waals surface area contributed by atoms with Gasteiger partial charge in [0.05, 0.1) is 0 Å². The maximum absolute atomic E-state index is 11.2. The zero-order chi connectivity index (χ0) is 12.1. The summed E-state index contributed by atoms with van der Waals surface area (Å²) in [6, 6.07) is 5.79. The number of halogens is 1. The first-order valence-corrected chi connectivity index (χ1v) is 5.31. The van der Waals surface area contributed by atoms with Gasteiger partial charge in [0.2, 0.25) is 5.91 Å². The van der Waals surface area contributed by atoms with Crippen LogP contribution in [0.4, 0.5) is 0 Å². The Bertz CT molecular complexity index is 409.